The average molecular weight is 361 g/mol. The summed E-state index contributed by atoms with van der Waals surface area (Å²) in [6.07, 6.45) is 12.5. The highest BCUT2D eigenvalue weighted by molar-refractivity contribution is 5.73. The maximum absolute atomic E-state index is 11.4. The molecule has 4 nitrogen and oxygen atoms in total. The number of nitrogens with one attached hydrogen (secondary N) is 2. The van der Waals surface area contributed by atoms with Crippen molar-refractivity contribution in [3.05, 3.63) is 50.6 Å². The molecule has 0 radical (unpaired) electrons. The van der Waals surface area contributed by atoms with Crippen LogP contribution in [0.1, 0.15) is 52.4 Å². The van der Waals surface area contributed by atoms with Gasteiger partial charge in [-0.25, -0.2) is 0 Å². The van der Waals surface area contributed by atoms with Gasteiger partial charge in [-0.3, -0.25) is 9.59 Å². The first-order valence-electron chi connectivity index (χ1n) is 9.21. The van der Waals surface area contributed by atoms with Gasteiger partial charge in [-0.05, 0) is 49.4 Å². The minimum atomic E-state index is -0.126. The first-order valence-corrected chi connectivity index (χ1v) is 9.21. The highest BCUT2D eigenvalue weighted by Crippen LogP contribution is 2.40. The molecule has 0 heterocycles. The smallest absolute Gasteiger partial charge is 0.216 e. The minimum absolute atomic E-state index is 0.0378. The lowest BCUT2D eigenvalue weighted by Gasteiger charge is -2.39. The molecular weight excluding hydrogens is 324 g/mol. The molecule has 0 atom stereocenters. The van der Waals surface area contributed by atoms with Crippen LogP contribution in [0.25, 0.3) is 0 Å². The fourth-order valence-electron chi connectivity index (χ4n) is 3.42. The van der Waals surface area contributed by atoms with Crippen LogP contribution < -0.4 is 10.6 Å². The van der Waals surface area contributed by atoms with E-state index < -0.39 is 0 Å². The lowest BCUT2D eigenvalue weighted by Crippen LogP contribution is -2.40. The quantitative estimate of drug-likeness (QED) is 0.427. The molecule has 2 N–H and O–H groups in total. The number of amides is 2. The van der Waals surface area contributed by atoms with E-state index in [-0.39, 0.29) is 22.6 Å². The molecule has 4 heteroatoms. The zero-order valence-electron chi connectivity index (χ0n) is 16.6. The molecule has 0 saturated heterocycles. The summed E-state index contributed by atoms with van der Waals surface area (Å²) in [5.41, 5.74) is -0.252. The van der Waals surface area contributed by atoms with Crippen LogP contribution in [-0.2, 0) is 9.59 Å². The monoisotopic (exact) mass is 360 g/mol. The lowest BCUT2D eigenvalue weighted by molar-refractivity contribution is -0.120. The van der Waals surface area contributed by atoms with Crippen molar-refractivity contribution in [3.8, 4) is 0 Å². The van der Waals surface area contributed by atoms with Crippen LogP contribution in [0, 0.1) is 10.8 Å². The van der Waals surface area contributed by atoms with E-state index in [0.29, 0.717) is 13.1 Å². The molecule has 0 aliphatic heterocycles. The second-order valence-corrected chi connectivity index (χ2v) is 7.29. The lowest BCUT2D eigenvalue weighted by atomic mass is 9.69. The van der Waals surface area contributed by atoms with Gasteiger partial charge in [0.25, 0.3) is 0 Å². The molecule has 0 saturated carbocycles. The fraction of sp³-hybridized carbons (Fsp3) is 0.545. The van der Waals surface area contributed by atoms with Gasteiger partial charge in [0, 0.05) is 26.9 Å². The Kier molecular flexibility index (Phi) is 11.3. The topological polar surface area (TPSA) is 58.2 Å². The molecular formula is C22H36N2O2. The van der Waals surface area contributed by atoms with Crippen molar-refractivity contribution in [2.45, 2.75) is 52.4 Å². The highest BCUT2D eigenvalue weighted by Gasteiger charge is 2.34. The van der Waals surface area contributed by atoms with Crippen LogP contribution in [0.5, 0.6) is 0 Å². The standard InChI is InChI=1S/C22H36N2O2/c1-7-11-21(12-8-2,17-23-19(5)25)15-16-22(13-9-3,14-10-4)18-24-20(6)26/h7-10H,1-4,11-18H2,5-6H3,(H,23,25)(H,24,26). The van der Waals surface area contributed by atoms with Crippen LogP contribution in [0.3, 0.4) is 0 Å². The largest absolute Gasteiger partial charge is 0.356 e. The number of rotatable bonds is 15. The molecule has 2 amide bonds. The molecule has 0 fully saturated rings. The van der Waals surface area contributed by atoms with Gasteiger partial charge in [0.15, 0.2) is 0 Å². The van der Waals surface area contributed by atoms with E-state index >= 15 is 0 Å². The van der Waals surface area contributed by atoms with Gasteiger partial charge in [-0.1, -0.05) is 24.3 Å². The second-order valence-electron chi connectivity index (χ2n) is 7.29. The Labute approximate surface area is 159 Å². The van der Waals surface area contributed by atoms with Gasteiger partial charge >= 0.3 is 0 Å². The Morgan fingerprint density at radius 3 is 1.15 bits per heavy atom. The van der Waals surface area contributed by atoms with Gasteiger partial charge in [-0.15, -0.1) is 26.3 Å². The summed E-state index contributed by atoms with van der Waals surface area (Å²) in [4.78, 5) is 22.9. The van der Waals surface area contributed by atoms with Crippen LogP contribution in [0.15, 0.2) is 50.6 Å². The third-order valence-corrected chi connectivity index (χ3v) is 4.92. The van der Waals surface area contributed by atoms with E-state index in [9.17, 15) is 9.59 Å². The third kappa shape index (κ3) is 8.84. The van der Waals surface area contributed by atoms with Crippen LogP contribution in [0.2, 0.25) is 0 Å². The molecule has 0 aliphatic carbocycles. The normalized spacial score (nSPS) is 11.3. The van der Waals surface area contributed by atoms with E-state index in [2.05, 4.69) is 36.9 Å². The van der Waals surface area contributed by atoms with Crippen LogP contribution >= 0.6 is 0 Å². The van der Waals surface area contributed by atoms with Gasteiger partial charge < -0.3 is 10.6 Å². The fourth-order valence-corrected chi connectivity index (χ4v) is 3.42. The van der Waals surface area contributed by atoms with Crippen LogP contribution in [-0.4, -0.2) is 24.9 Å². The summed E-state index contributed by atoms with van der Waals surface area (Å²) in [5, 5.41) is 5.92. The van der Waals surface area contributed by atoms with E-state index in [0.717, 1.165) is 38.5 Å². The summed E-state index contributed by atoms with van der Waals surface area (Å²) in [7, 11) is 0. The second kappa shape index (κ2) is 12.3. The summed E-state index contributed by atoms with van der Waals surface area (Å²) >= 11 is 0. The van der Waals surface area contributed by atoms with Gasteiger partial charge in [0.1, 0.15) is 0 Å². The molecule has 0 aromatic rings. The van der Waals surface area contributed by atoms with Crippen molar-refractivity contribution >= 4 is 11.8 Å². The molecule has 0 aliphatic rings. The molecule has 0 aromatic heterocycles. The number of hydrogen-bond acceptors (Lipinski definition) is 2. The minimum Gasteiger partial charge on any atom is -0.356 e. The number of hydrogen-bond donors (Lipinski definition) is 2. The molecule has 0 aromatic carbocycles. The predicted octanol–water partition coefficient (Wildman–Crippen LogP) is 4.32. The zero-order valence-corrected chi connectivity index (χ0v) is 16.6. The summed E-state index contributed by atoms with van der Waals surface area (Å²) in [6.45, 7) is 19.8. The van der Waals surface area contributed by atoms with Crippen molar-refractivity contribution in [1.82, 2.24) is 10.6 Å². The Bertz CT molecular complexity index is 442. The number of allylic oxidation sites excluding steroid dienone is 4. The van der Waals surface area contributed by atoms with E-state index in [1.54, 1.807) is 0 Å². The van der Waals surface area contributed by atoms with Gasteiger partial charge in [-0.2, -0.15) is 0 Å². The Hall–Kier alpha value is -2.10. The van der Waals surface area contributed by atoms with Crippen molar-refractivity contribution in [3.63, 3.8) is 0 Å². The molecule has 0 rings (SSSR count). The Morgan fingerprint density at radius 2 is 0.962 bits per heavy atom. The maximum atomic E-state index is 11.4. The summed E-state index contributed by atoms with van der Waals surface area (Å²) < 4.78 is 0. The molecule has 0 unspecified atom stereocenters. The predicted molar refractivity (Wildman–Crippen MR) is 111 cm³/mol. The molecule has 0 bridgehead atoms. The van der Waals surface area contributed by atoms with Crippen molar-refractivity contribution < 1.29 is 9.59 Å². The number of carbonyl (C=O) groups is 2. The van der Waals surface area contributed by atoms with Crippen LogP contribution in [0.4, 0.5) is 0 Å². The van der Waals surface area contributed by atoms with E-state index in [1.165, 1.54) is 13.8 Å². The molecule has 146 valence electrons. The summed E-state index contributed by atoms with van der Waals surface area (Å²) in [6, 6.07) is 0. The van der Waals surface area contributed by atoms with E-state index in [4.69, 9.17) is 0 Å². The molecule has 26 heavy (non-hydrogen) atoms. The van der Waals surface area contributed by atoms with Gasteiger partial charge in [0.05, 0.1) is 0 Å². The Morgan fingerprint density at radius 1 is 0.692 bits per heavy atom. The Balaban J connectivity index is 5.48. The van der Waals surface area contributed by atoms with Crippen molar-refractivity contribution in [1.29, 1.82) is 0 Å². The van der Waals surface area contributed by atoms with E-state index in [1.807, 2.05) is 24.3 Å². The summed E-state index contributed by atoms with van der Waals surface area (Å²) in [5.74, 6) is -0.0756. The maximum Gasteiger partial charge on any atom is 0.216 e. The zero-order chi connectivity index (χ0) is 20.1. The first-order chi connectivity index (χ1) is 12.3. The molecule has 0 spiro atoms. The first kappa shape index (κ1) is 23.9. The SMILES string of the molecule is C=CCC(CC=C)(CCC(CC=C)(CC=C)CNC(C)=O)CNC(C)=O. The highest BCUT2D eigenvalue weighted by atomic mass is 16.2. The van der Waals surface area contributed by atoms with Gasteiger partial charge in [0.2, 0.25) is 11.8 Å². The number of carbonyl (C=O) groups excluding carboxylic acids is 2. The third-order valence-electron chi connectivity index (χ3n) is 4.92. The van der Waals surface area contributed by atoms with Crippen molar-refractivity contribution in [2.24, 2.45) is 10.8 Å². The van der Waals surface area contributed by atoms with Crippen molar-refractivity contribution in [2.75, 3.05) is 13.1 Å². The average Bonchev–Trinajstić information content (AvgIpc) is 2.57.